The van der Waals surface area contributed by atoms with E-state index < -0.39 is 4.92 Å². The zero-order valence-corrected chi connectivity index (χ0v) is 11.9. The van der Waals surface area contributed by atoms with E-state index in [1.807, 2.05) is 6.92 Å². The maximum absolute atomic E-state index is 11.0. The van der Waals surface area contributed by atoms with Crippen molar-refractivity contribution in [3.8, 4) is 0 Å². The summed E-state index contributed by atoms with van der Waals surface area (Å²) in [6.07, 6.45) is 5.80. The zero-order valence-electron chi connectivity index (χ0n) is 11.9. The minimum Gasteiger partial charge on any atom is -0.361 e. The number of anilines is 2. The van der Waals surface area contributed by atoms with Crippen LogP contribution in [0.4, 0.5) is 17.5 Å². The van der Waals surface area contributed by atoms with Gasteiger partial charge in [0, 0.05) is 12.6 Å². The molecule has 1 unspecified atom stereocenters. The second-order valence-electron chi connectivity index (χ2n) is 5.24. The van der Waals surface area contributed by atoms with Crippen LogP contribution in [-0.4, -0.2) is 27.5 Å². The maximum atomic E-state index is 11.0. The van der Waals surface area contributed by atoms with E-state index in [1.165, 1.54) is 25.5 Å². The average Bonchev–Trinajstić information content (AvgIpc) is 2.33. The average molecular weight is 279 g/mol. The second-order valence-corrected chi connectivity index (χ2v) is 5.24. The molecule has 7 nitrogen and oxygen atoms in total. The number of nitrogens with zero attached hydrogens (tertiary/aromatic N) is 3. The van der Waals surface area contributed by atoms with Crippen LogP contribution in [0, 0.1) is 16.0 Å². The maximum Gasteiger partial charge on any atom is 0.329 e. The summed E-state index contributed by atoms with van der Waals surface area (Å²) in [7, 11) is 0. The molecule has 0 radical (unpaired) electrons. The van der Waals surface area contributed by atoms with E-state index >= 15 is 0 Å². The van der Waals surface area contributed by atoms with E-state index in [4.69, 9.17) is 0 Å². The van der Waals surface area contributed by atoms with Crippen molar-refractivity contribution in [2.24, 2.45) is 5.92 Å². The first-order valence-corrected chi connectivity index (χ1v) is 7.13. The minimum absolute atomic E-state index is 0.0711. The Labute approximate surface area is 118 Å². The molecule has 0 saturated heterocycles. The predicted octanol–water partition coefficient (Wildman–Crippen LogP) is 2.81. The summed E-state index contributed by atoms with van der Waals surface area (Å²) in [5.41, 5.74) is -0.0711. The lowest BCUT2D eigenvalue weighted by molar-refractivity contribution is -0.384. The van der Waals surface area contributed by atoms with Crippen molar-refractivity contribution >= 4 is 17.5 Å². The van der Waals surface area contributed by atoms with Crippen LogP contribution in [0.15, 0.2) is 6.20 Å². The molecule has 20 heavy (non-hydrogen) atoms. The summed E-state index contributed by atoms with van der Waals surface area (Å²) in [5.74, 6) is 1.32. The van der Waals surface area contributed by atoms with Crippen LogP contribution in [-0.2, 0) is 0 Å². The summed E-state index contributed by atoms with van der Waals surface area (Å²) in [6, 6.07) is 0.191. The number of rotatable bonds is 7. The highest BCUT2D eigenvalue weighted by Gasteiger charge is 2.26. The first-order valence-electron chi connectivity index (χ1n) is 7.13. The fraction of sp³-hybridized carbons (Fsp3) is 0.692. The second kappa shape index (κ2) is 6.49. The summed E-state index contributed by atoms with van der Waals surface area (Å²) >= 11 is 0. The smallest absolute Gasteiger partial charge is 0.329 e. The van der Waals surface area contributed by atoms with Gasteiger partial charge in [-0.05, 0) is 32.1 Å². The Hall–Kier alpha value is -1.92. The topological polar surface area (TPSA) is 93.0 Å². The van der Waals surface area contributed by atoms with Crippen molar-refractivity contribution in [1.29, 1.82) is 0 Å². The van der Waals surface area contributed by atoms with Crippen molar-refractivity contribution in [1.82, 2.24) is 9.97 Å². The summed E-state index contributed by atoms with van der Waals surface area (Å²) in [6.45, 7) is 4.83. The van der Waals surface area contributed by atoms with Crippen LogP contribution in [0.3, 0.4) is 0 Å². The molecule has 0 bridgehead atoms. The fourth-order valence-electron chi connectivity index (χ4n) is 2.21. The van der Waals surface area contributed by atoms with Gasteiger partial charge in [0.05, 0.1) is 4.92 Å². The van der Waals surface area contributed by atoms with Crippen LogP contribution in [0.1, 0.15) is 39.5 Å². The van der Waals surface area contributed by atoms with Crippen LogP contribution in [0.2, 0.25) is 0 Å². The minimum atomic E-state index is -0.445. The molecule has 0 aliphatic heterocycles. The van der Waals surface area contributed by atoms with Gasteiger partial charge in [0.25, 0.3) is 0 Å². The van der Waals surface area contributed by atoms with Gasteiger partial charge in [-0.1, -0.05) is 13.3 Å². The summed E-state index contributed by atoms with van der Waals surface area (Å²) in [5, 5.41) is 17.3. The SMILES string of the molecule is CCCNc1ncc([N+](=O)[O-])c(NC(C)C2CCC2)n1. The molecule has 1 saturated carbocycles. The Bertz CT molecular complexity index is 476. The van der Waals surface area contributed by atoms with Crippen molar-refractivity contribution in [2.45, 2.75) is 45.6 Å². The number of nitrogens with one attached hydrogen (secondary N) is 2. The summed E-state index contributed by atoms with van der Waals surface area (Å²) < 4.78 is 0. The molecular weight excluding hydrogens is 258 g/mol. The van der Waals surface area contributed by atoms with Crippen LogP contribution < -0.4 is 10.6 Å². The van der Waals surface area contributed by atoms with Crippen LogP contribution in [0.5, 0.6) is 0 Å². The molecule has 0 aromatic carbocycles. The number of hydrogen-bond donors (Lipinski definition) is 2. The molecule has 1 heterocycles. The Morgan fingerprint density at radius 3 is 2.85 bits per heavy atom. The van der Waals surface area contributed by atoms with Gasteiger partial charge >= 0.3 is 5.69 Å². The molecule has 0 amide bonds. The largest absolute Gasteiger partial charge is 0.361 e. The lowest BCUT2D eigenvalue weighted by Crippen LogP contribution is -2.31. The molecule has 7 heteroatoms. The van der Waals surface area contributed by atoms with Gasteiger partial charge < -0.3 is 10.6 Å². The fourth-order valence-corrected chi connectivity index (χ4v) is 2.21. The van der Waals surface area contributed by atoms with Gasteiger partial charge in [0.15, 0.2) is 0 Å². The van der Waals surface area contributed by atoms with Gasteiger partial charge in [-0.2, -0.15) is 4.98 Å². The number of aromatic nitrogens is 2. The van der Waals surface area contributed by atoms with Gasteiger partial charge in [0.2, 0.25) is 11.8 Å². The molecule has 1 aromatic rings. The monoisotopic (exact) mass is 279 g/mol. The molecule has 2 N–H and O–H groups in total. The van der Waals surface area contributed by atoms with Crippen molar-refractivity contribution in [3.63, 3.8) is 0 Å². The van der Waals surface area contributed by atoms with Gasteiger partial charge in [-0.25, -0.2) is 4.98 Å². The standard InChI is InChI=1S/C13H21N5O2/c1-3-7-14-13-15-8-11(18(19)20)12(17-13)16-9(2)10-5-4-6-10/h8-10H,3-7H2,1-2H3,(H2,14,15,16,17). The van der Waals surface area contributed by atoms with Crippen molar-refractivity contribution in [2.75, 3.05) is 17.2 Å². The van der Waals surface area contributed by atoms with E-state index in [9.17, 15) is 10.1 Å². The molecule has 1 atom stereocenters. The van der Waals surface area contributed by atoms with Gasteiger partial charge in [-0.15, -0.1) is 0 Å². The highest BCUT2D eigenvalue weighted by Crippen LogP contribution is 2.32. The highest BCUT2D eigenvalue weighted by molar-refractivity contribution is 5.57. The number of hydrogen-bond acceptors (Lipinski definition) is 6. The Kier molecular flexibility index (Phi) is 4.70. The third kappa shape index (κ3) is 3.34. The first-order chi connectivity index (χ1) is 9.61. The number of nitro groups is 1. The van der Waals surface area contributed by atoms with E-state index in [0.717, 1.165) is 13.0 Å². The molecule has 1 aromatic heterocycles. The van der Waals surface area contributed by atoms with E-state index in [1.54, 1.807) is 0 Å². The van der Waals surface area contributed by atoms with Gasteiger partial charge in [0.1, 0.15) is 6.20 Å². The lowest BCUT2D eigenvalue weighted by Gasteiger charge is -2.32. The molecule has 1 aliphatic carbocycles. The molecular formula is C13H21N5O2. The highest BCUT2D eigenvalue weighted by atomic mass is 16.6. The Morgan fingerprint density at radius 2 is 2.30 bits per heavy atom. The Morgan fingerprint density at radius 1 is 1.55 bits per heavy atom. The first kappa shape index (κ1) is 14.5. The van der Waals surface area contributed by atoms with Crippen LogP contribution >= 0.6 is 0 Å². The molecule has 2 rings (SSSR count). The van der Waals surface area contributed by atoms with Crippen molar-refractivity contribution < 1.29 is 4.92 Å². The molecule has 1 fully saturated rings. The molecule has 110 valence electrons. The Balaban J connectivity index is 2.14. The quantitative estimate of drug-likeness (QED) is 0.589. The molecule has 1 aliphatic rings. The summed E-state index contributed by atoms with van der Waals surface area (Å²) in [4.78, 5) is 18.8. The van der Waals surface area contributed by atoms with Crippen molar-refractivity contribution in [3.05, 3.63) is 16.3 Å². The lowest BCUT2D eigenvalue weighted by atomic mass is 9.80. The predicted molar refractivity (Wildman–Crippen MR) is 77.9 cm³/mol. The van der Waals surface area contributed by atoms with E-state index in [-0.39, 0.29) is 11.7 Å². The van der Waals surface area contributed by atoms with Crippen LogP contribution in [0.25, 0.3) is 0 Å². The van der Waals surface area contributed by atoms with E-state index in [2.05, 4.69) is 27.5 Å². The third-order valence-electron chi connectivity index (χ3n) is 3.72. The molecule has 0 spiro atoms. The third-order valence-corrected chi connectivity index (χ3v) is 3.72. The normalized spacial score (nSPS) is 16.3. The zero-order chi connectivity index (χ0) is 14.5. The van der Waals surface area contributed by atoms with Gasteiger partial charge in [-0.3, -0.25) is 10.1 Å². The van der Waals surface area contributed by atoms with E-state index in [0.29, 0.717) is 17.7 Å².